The summed E-state index contributed by atoms with van der Waals surface area (Å²) in [5.74, 6) is 0. The molecule has 0 aliphatic heterocycles. The molecule has 0 aromatic carbocycles. The Morgan fingerprint density at radius 3 is 2.67 bits per heavy atom. The Morgan fingerprint density at radius 2 is 2.05 bits per heavy atom. The van der Waals surface area contributed by atoms with Crippen molar-refractivity contribution in [2.45, 2.75) is 31.5 Å². The summed E-state index contributed by atoms with van der Waals surface area (Å²) in [7, 11) is -3.69. The molecular weight excluding hydrogens is 290 g/mol. The van der Waals surface area contributed by atoms with Crippen molar-refractivity contribution in [1.82, 2.24) is 14.7 Å². The third-order valence-corrected chi connectivity index (χ3v) is 4.37. The van der Waals surface area contributed by atoms with Crippen molar-refractivity contribution >= 4 is 10.0 Å². The maximum absolute atomic E-state index is 12.1. The number of sulfonamides is 1. The van der Waals surface area contributed by atoms with Crippen LogP contribution < -0.4 is 4.72 Å². The summed E-state index contributed by atoms with van der Waals surface area (Å²) in [4.78, 5) is 8.04. The second-order valence-corrected chi connectivity index (χ2v) is 6.16. The zero-order valence-electron chi connectivity index (χ0n) is 11.7. The van der Waals surface area contributed by atoms with Crippen molar-refractivity contribution in [3.63, 3.8) is 0 Å². The van der Waals surface area contributed by atoms with Crippen LogP contribution >= 0.6 is 0 Å². The highest BCUT2D eigenvalue weighted by Crippen LogP contribution is 2.10. The molecule has 2 aromatic rings. The van der Waals surface area contributed by atoms with E-state index in [0.717, 1.165) is 12.0 Å². The van der Waals surface area contributed by atoms with Gasteiger partial charge in [0.15, 0.2) is 5.03 Å². The number of aryl methyl sites for hydroxylation is 1. The molecule has 2 N–H and O–H groups in total. The van der Waals surface area contributed by atoms with Gasteiger partial charge in [0.1, 0.15) is 0 Å². The lowest BCUT2D eigenvalue weighted by molar-refractivity contribution is 0.281. The number of aliphatic hydroxyl groups is 1. The lowest BCUT2D eigenvalue weighted by Gasteiger charge is -2.09. The topological polar surface area (TPSA) is 92.2 Å². The SMILES string of the molecule is CCc1cccnc1CNS(=O)(=O)c1ccc(CO)cn1. The number of nitrogens with zero attached hydrogens (tertiary/aromatic N) is 2. The van der Waals surface area contributed by atoms with E-state index in [4.69, 9.17) is 5.11 Å². The maximum Gasteiger partial charge on any atom is 0.258 e. The third-order valence-electron chi connectivity index (χ3n) is 3.05. The Kier molecular flexibility index (Phi) is 5.00. The molecule has 2 aromatic heterocycles. The molecule has 0 aliphatic rings. The maximum atomic E-state index is 12.1. The molecule has 0 spiro atoms. The van der Waals surface area contributed by atoms with E-state index in [9.17, 15) is 8.42 Å². The normalized spacial score (nSPS) is 11.5. The fourth-order valence-electron chi connectivity index (χ4n) is 1.85. The summed E-state index contributed by atoms with van der Waals surface area (Å²) in [6.45, 7) is 1.94. The first-order valence-corrected chi connectivity index (χ1v) is 8.03. The van der Waals surface area contributed by atoms with E-state index in [-0.39, 0.29) is 18.2 Å². The number of hydrogen-bond acceptors (Lipinski definition) is 5. The molecule has 0 atom stereocenters. The van der Waals surface area contributed by atoms with E-state index in [1.54, 1.807) is 6.20 Å². The number of rotatable bonds is 6. The molecule has 2 rings (SSSR count). The van der Waals surface area contributed by atoms with Gasteiger partial charge in [-0.2, -0.15) is 0 Å². The number of hydrogen-bond donors (Lipinski definition) is 2. The summed E-state index contributed by atoms with van der Waals surface area (Å²) in [6.07, 6.45) is 3.76. The van der Waals surface area contributed by atoms with Crippen LogP contribution in [0, 0.1) is 0 Å². The van der Waals surface area contributed by atoms with E-state index >= 15 is 0 Å². The van der Waals surface area contributed by atoms with Gasteiger partial charge < -0.3 is 5.11 Å². The number of pyridine rings is 2. The number of nitrogens with one attached hydrogen (secondary N) is 1. The minimum atomic E-state index is -3.69. The molecule has 112 valence electrons. The quantitative estimate of drug-likeness (QED) is 0.831. The van der Waals surface area contributed by atoms with Gasteiger partial charge in [-0.3, -0.25) is 4.98 Å². The third kappa shape index (κ3) is 3.84. The van der Waals surface area contributed by atoms with E-state index < -0.39 is 10.0 Å². The first-order chi connectivity index (χ1) is 10.1. The van der Waals surface area contributed by atoms with Crippen molar-refractivity contribution in [1.29, 1.82) is 0 Å². The zero-order valence-corrected chi connectivity index (χ0v) is 12.5. The minimum Gasteiger partial charge on any atom is -0.392 e. The second-order valence-electron chi connectivity index (χ2n) is 4.45. The van der Waals surface area contributed by atoms with Crippen LogP contribution in [-0.4, -0.2) is 23.5 Å². The highest BCUT2D eigenvalue weighted by molar-refractivity contribution is 7.89. The molecule has 0 bridgehead atoms. The average Bonchev–Trinajstić information content (AvgIpc) is 2.53. The Hall–Kier alpha value is -1.83. The van der Waals surface area contributed by atoms with Gasteiger partial charge in [-0.15, -0.1) is 0 Å². The van der Waals surface area contributed by atoms with E-state index in [1.807, 2.05) is 19.1 Å². The predicted molar refractivity (Wildman–Crippen MR) is 77.8 cm³/mol. The van der Waals surface area contributed by atoms with Gasteiger partial charge in [-0.25, -0.2) is 18.1 Å². The van der Waals surface area contributed by atoms with Gasteiger partial charge in [-0.1, -0.05) is 19.1 Å². The van der Waals surface area contributed by atoms with Crippen LogP contribution in [0.5, 0.6) is 0 Å². The summed E-state index contributed by atoms with van der Waals surface area (Å²) >= 11 is 0. The first-order valence-electron chi connectivity index (χ1n) is 6.55. The Morgan fingerprint density at radius 1 is 1.24 bits per heavy atom. The lowest BCUT2D eigenvalue weighted by atomic mass is 10.1. The largest absolute Gasteiger partial charge is 0.392 e. The number of aliphatic hydroxyl groups excluding tert-OH is 1. The zero-order chi connectivity index (χ0) is 15.3. The van der Waals surface area contributed by atoms with Crippen LogP contribution in [0.1, 0.15) is 23.7 Å². The van der Waals surface area contributed by atoms with E-state index in [0.29, 0.717) is 11.3 Å². The van der Waals surface area contributed by atoms with Crippen molar-refractivity contribution in [3.8, 4) is 0 Å². The molecule has 0 fully saturated rings. The Bertz CT molecular complexity index is 700. The molecular formula is C14H17N3O3S. The van der Waals surface area contributed by atoms with Crippen LogP contribution in [0.4, 0.5) is 0 Å². The number of aromatic nitrogens is 2. The van der Waals surface area contributed by atoms with Crippen LogP contribution in [0.3, 0.4) is 0 Å². The molecule has 0 saturated carbocycles. The summed E-state index contributed by atoms with van der Waals surface area (Å²) < 4.78 is 26.8. The highest BCUT2D eigenvalue weighted by Gasteiger charge is 2.16. The molecule has 0 unspecified atom stereocenters. The van der Waals surface area contributed by atoms with E-state index in [2.05, 4.69) is 14.7 Å². The highest BCUT2D eigenvalue weighted by atomic mass is 32.2. The summed E-state index contributed by atoms with van der Waals surface area (Å²) in [5.41, 5.74) is 2.27. The second kappa shape index (κ2) is 6.75. The van der Waals surface area contributed by atoms with Gasteiger partial charge in [-0.05, 0) is 29.7 Å². The van der Waals surface area contributed by atoms with Gasteiger partial charge in [0, 0.05) is 12.4 Å². The van der Waals surface area contributed by atoms with Crippen molar-refractivity contribution < 1.29 is 13.5 Å². The molecule has 0 amide bonds. The molecule has 7 heteroatoms. The molecule has 21 heavy (non-hydrogen) atoms. The lowest BCUT2D eigenvalue weighted by Crippen LogP contribution is -2.25. The summed E-state index contributed by atoms with van der Waals surface area (Å²) in [5, 5.41) is 8.85. The van der Waals surface area contributed by atoms with Gasteiger partial charge in [0.2, 0.25) is 0 Å². The minimum absolute atomic E-state index is 0.0753. The standard InChI is InChI=1S/C14H17N3O3S/c1-2-12-4-3-7-15-13(12)9-17-21(19,20)14-6-5-11(10-18)8-16-14/h3-8,17-18H,2,9-10H2,1H3. The van der Waals surface area contributed by atoms with Crippen LogP contribution in [-0.2, 0) is 29.6 Å². The van der Waals surface area contributed by atoms with Crippen molar-refractivity contribution in [2.24, 2.45) is 0 Å². The van der Waals surface area contributed by atoms with E-state index in [1.165, 1.54) is 18.3 Å². The Balaban J connectivity index is 2.13. The molecule has 0 radical (unpaired) electrons. The van der Waals surface area contributed by atoms with Crippen LogP contribution in [0.15, 0.2) is 41.7 Å². The monoisotopic (exact) mass is 307 g/mol. The van der Waals surface area contributed by atoms with Gasteiger partial charge in [0.25, 0.3) is 10.0 Å². The summed E-state index contributed by atoms with van der Waals surface area (Å²) in [6, 6.07) is 6.64. The van der Waals surface area contributed by atoms with Crippen molar-refractivity contribution in [3.05, 3.63) is 53.5 Å². The molecule has 6 nitrogen and oxygen atoms in total. The molecule has 0 saturated heterocycles. The molecule has 2 heterocycles. The fourth-order valence-corrected chi connectivity index (χ4v) is 2.77. The predicted octanol–water partition coefficient (Wildman–Crippen LogP) is 1.01. The molecule has 0 aliphatic carbocycles. The fraction of sp³-hybridized carbons (Fsp3) is 0.286. The van der Waals surface area contributed by atoms with Crippen LogP contribution in [0.25, 0.3) is 0 Å². The average molecular weight is 307 g/mol. The van der Waals surface area contributed by atoms with Gasteiger partial charge >= 0.3 is 0 Å². The smallest absolute Gasteiger partial charge is 0.258 e. The van der Waals surface area contributed by atoms with Crippen molar-refractivity contribution in [2.75, 3.05) is 0 Å². The van der Waals surface area contributed by atoms with Crippen LogP contribution in [0.2, 0.25) is 0 Å². The Labute approximate surface area is 123 Å². The van der Waals surface area contributed by atoms with Gasteiger partial charge in [0.05, 0.1) is 18.8 Å². The first kappa shape index (κ1) is 15.6.